The van der Waals surface area contributed by atoms with E-state index >= 15 is 0 Å². The first kappa shape index (κ1) is 24.5. The van der Waals surface area contributed by atoms with Crippen LogP contribution in [0.2, 0.25) is 0 Å². The van der Waals surface area contributed by atoms with Crippen LogP contribution in [0.15, 0.2) is 0 Å². The van der Waals surface area contributed by atoms with E-state index in [4.69, 9.17) is 33.5 Å². The maximum Gasteiger partial charge on any atom is 0.391 e. The van der Waals surface area contributed by atoms with E-state index < -0.39 is 12.6 Å². The molecule has 0 amide bonds. The molecule has 0 aliphatic rings. The van der Waals surface area contributed by atoms with E-state index in [-0.39, 0.29) is 26.4 Å². The number of alkyl halides is 3. The highest BCUT2D eigenvalue weighted by atomic mass is 19.4. The van der Waals surface area contributed by atoms with Gasteiger partial charge >= 0.3 is 6.18 Å². The quantitative estimate of drug-likeness (QED) is 0.337. The average Bonchev–Trinajstić information content (AvgIpc) is 2.56. The Morgan fingerprint density at radius 3 is 1.04 bits per heavy atom. The molecule has 25 heavy (non-hydrogen) atoms. The van der Waals surface area contributed by atoms with Gasteiger partial charge in [0.15, 0.2) is 0 Å². The Bertz CT molecular complexity index is 268. The molecule has 0 bridgehead atoms. The Morgan fingerprint density at radius 2 is 0.760 bits per heavy atom. The molecule has 0 aromatic rings. The van der Waals surface area contributed by atoms with E-state index in [9.17, 15) is 13.2 Å². The summed E-state index contributed by atoms with van der Waals surface area (Å²) >= 11 is 0. The monoisotopic (exact) mass is 378 g/mol. The third-order valence-electron chi connectivity index (χ3n) is 2.63. The van der Waals surface area contributed by atoms with Crippen LogP contribution in [0.25, 0.3) is 0 Å². The van der Waals surface area contributed by atoms with Crippen molar-refractivity contribution in [2.75, 3.05) is 85.9 Å². The summed E-state index contributed by atoms with van der Waals surface area (Å²) in [6.07, 6.45) is -5.13. The number of rotatable bonds is 19. The molecule has 1 N–H and O–H groups in total. The third-order valence-corrected chi connectivity index (χ3v) is 2.63. The van der Waals surface area contributed by atoms with Gasteiger partial charge in [0.05, 0.1) is 92.3 Å². The molecule has 0 radical (unpaired) electrons. The molecule has 0 spiro atoms. The number of hydrogen-bond donors (Lipinski definition) is 1. The zero-order valence-corrected chi connectivity index (χ0v) is 14.4. The summed E-state index contributed by atoms with van der Waals surface area (Å²) in [6.45, 7) is 3.72. The SMILES string of the molecule is OCCOCCOCCOCCOCCOCCOCCC(F)(F)F. The first-order chi connectivity index (χ1) is 12.1. The fourth-order valence-electron chi connectivity index (χ4n) is 1.45. The van der Waals surface area contributed by atoms with Crippen molar-refractivity contribution in [2.24, 2.45) is 0 Å². The lowest BCUT2D eigenvalue weighted by Crippen LogP contribution is -2.15. The summed E-state index contributed by atoms with van der Waals surface area (Å²) in [7, 11) is 0. The van der Waals surface area contributed by atoms with Crippen LogP contribution in [0.1, 0.15) is 6.42 Å². The number of hydrogen-bond acceptors (Lipinski definition) is 7. The highest BCUT2D eigenvalue weighted by Gasteiger charge is 2.26. The van der Waals surface area contributed by atoms with Gasteiger partial charge < -0.3 is 33.5 Å². The van der Waals surface area contributed by atoms with Crippen LogP contribution >= 0.6 is 0 Å². The molecule has 0 aromatic carbocycles. The molecule has 0 unspecified atom stereocenters. The smallest absolute Gasteiger partial charge is 0.391 e. The van der Waals surface area contributed by atoms with Crippen LogP contribution < -0.4 is 0 Å². The standard InChI is InChI=1S/C15H29F3O7/c16-15(17,18)1-3-20-5-7-22-9-11-24-13-14-25-12-10-23-8-6-21-4-2-19/h19H,1-14H2. The summed E-state index contributed by atoms with van der Waals surface area (Å²) in [5.74, 6) is 0. The fraction of sp³-hybridized carbons (Fsp3) is 1.00. The van der Waals surface area contributed by atoms with Crippen molar-refractivity contribution in [3.05, 3.63) is 0 Å². The van der Waals surface area contributed by atoms with E-state index in [1.807, 2.05) is 0 Å². The third kappa shape index (κ3) is 23.5. The van der Waals surface area contributed by atoms with Gasteiger partial charge in [-0.1, -0.05) is 0 Å². The van der Waals surface area contributed by atoms with Gasteiger partial charge in [-0.15, -0.1) is 0 Å². The molecule has 0 atom stereocenters. The maximum absolute atomic E-state index is 11.8. The normalized spacial score (nSPS) is 12.0. The summed E-state index contributed by atoms with van der Waals surface area (Å²) in [5, 5.41) is 8.48. The summed E-state index contributed by atoms with van der Waals surface area (Å²) in [6, 6.07) is 0. The van der Waals surface area contributed by atoms with Gasteiger partial charge in [-0.05, 0) is 0 Å². The van der Waals surface area contributed by atoms with Gasteiger partial charge in [0.25, 0.3) is 0 Å². The Kier molecular flexibility index (Phi) is 17.9. The molecular formula is C15H29F3O7. The van der Waals surface area contributed by atoms with Gasteiger partial charge in [-0.3, -0.25) is 0 Å². The highest BCUT2D eigenvalue weighted by Crippen LogP contribution is 2.18. The van der Waals surface area contributed by atoms with Gasteiger partial charge in [-0.2, -0.15) is 13.2 Å². The predicted molar refractivity (Wildman–Crippen MR) is 82.7 cm³/mol. The molecule has 0 heterocycles. The molecule has 0 aromatic heterocycles. The summed E-state index contributed by atoms with van der Waals surface area (Å²) < 4.78 is 66.2. The van der Waals surface area contributed by atoms with Gasteiger partial charge in [0.1, 0.15) is 0 Å². The topological polar surface area (TPSA) is 75.6 Å². The van der Waals surface area contributed by atoms with Crippen molar-refractivity contribution in [3.8, 4) is 0 Å². The van der Waals surface area contributed by atoms with Crippen molar-refractivity contribution < 1.29 is 46.7 Å². The van der Waals surface area contributed by atoms with E-state index in [2.05, 4.69) is 0 Å². The summed E-state index contributed by atoms with van der Waals surface area (Å²) in [5.41, 5.74) is 0. The number of aliphatic hydroxyl groups is 1. The maximum atomic E-state index is 11.8. The first-order valence-electron chi connectivity index (χ1n) is 8.20. The minimum absolute atomic E-state index is 0.00386. The Morgan fingerprint density at radius 1 is 0.480 bits per heavy atom. The van der Waals surface area contributed by atoms with Gasteiger partial charge in [-0.25, -0.2) is 0 Å². The molecule has 0 fully saturated rings. The average molecular weight is 378 g/mol. The van der Waals surface area contributed by atoms with Crippen molar-refractivity contribution >= 4 is 0 Å². The lowest BCUT2D eigenvalue weighted by atomic mass is 10.4. The molecule has 0 saturated heterocycles. The Balaban J connectivity index is 3.01. The second kappa shape index (κ2) is 18.3. The second-order valence-corrected chi connectivity index (χ2v) is 4.76. The first-order valence-corrected chi connectivity index (χ1v) is 8.20. The molecule has 0 aliphatic heterocycles. The van der Waals surface area contributed by atoms with E-state index in [0.717, 1.165) is 0 Å². The van der Waals surface area contributed by atoms with Crippen molar-refractivity contribution in [2.45, 2.75) is 12.6 Å². The summed E-state index contributed by atoms with van der Waals surface area (Å²) in [4.78, 5) is 0. The lowest BCUT2D eigenvalue weighted by molar-refractivity contribution is -0.146. The van der Waals surface area contributed by atoms with Crippen LogP contribution in [0.3, 0.4) is 0 Å². The van der Waals surface area contributed by atoms with Crippen LogP contribution in [0.4, 0.5) is 13.2 Å². The minimum Gasteiger partial charge on any atom is -0.394 e. The van der Waals surface area contributed by atoms with Gasteiger partial charge in [0, 0.05) is 0 Å². The van der Waals surface area contributed by atoms with Crippen molar-refractivity contribution in [3.63, 3.8) is 0 Å². The lowest BCUT2D eigenvalue weighted by Gasteiger charge is -2.08. The number of aliphatic hydroxyl groups excluding tert-OH is 1. The van der Waals surface area contributed by atoms with Crippen LogP contribution in [-0.2, 0) is 28.4 Å². The molecule has 152 valence electrons. The Labute approximate surface area is 146 Å². The van der Waals surface area contributed by atoms with Crippen molar-refractivity contribution in [1.82, 2.24) is 0 Å². The second-order valence-electron chi connectivity index (χ2n) is 4.76. The number of ether oxygens (including phenoxy) is 6. The predicted octanol–water partition coefficient (Wildman–Crippen LogP) is 1.03. The number of halogens is 3. The van der Waals surface area contributed by atoms with E-state index in [0.29, 0.717) is 59.5 Å². The van der Waals surface area contributed by atoms with Gasteiger partial charge in [0.2, 0.25) is 0 Å². The zero-order valence-electron chi connectivity index (χ0n) is 14.4. The fourth-order valence-corrected chi connectivity index (χ4v) is 1.45. The van der Waals surface area contributed by atoms with Crippen LogP contribution in [-0.4, -0.2) is 97.2 Å². The van der Waals surface area contributed by atoms with E-state index in [1.165, 1.54) is 0 Å². The molecule has 0 saturated carbocycles. The van der Waals surface area contributed by atoms with Crippen LogP contribution in [0.5, 0.6) is 0 Å². The highest BCUT2D eigenvalue weighted by molar-refractivity contribution is 4.47. The zero-order chi connectivity index (χ0) is 18.6. The molecule has 0 aliphatic carbocycles. The van der Waals surface area contributed by atoms with E-state index in [1.54, 1.807) is 0 Å². The van der Waals surface area contributed by atoms with Crippen LogP contribution in [0, 0.1) is 0 Å². The molecule has 7 nitrogen and oxygen atoms in total. The molecule has 10 heteroatoms. The van der Waals surface area contributed by atoms with Crippen molar-refractivity contribution in [1.29, 1.82) is 0 Å². The Hall–Kier alpha value is -0.490. The molecule has 0 rings (SSSR count). The largest absolute Gasteiger partial charge is 0.394 e. The molecular weight excluding hydrogens is 349 g/mol. The minimum atomic E-state index is -4.18.